The van der Waals surface area contributed by atoms with Crippen LogP contribution < -0.4 is 5.73 Å². The summed E-state index contributed by atoms with van der Waals surface area (Å²) in [4.78, 5) is 4.29. The van der Waals surface area contributed by atoms with Gasteiger partial charge in [0, 0.05) is 13.1 Å². The number of hydrogen-bond donors (Lipinski definition) is 1. The van der Waals surface area contributed by atoms with Crippen molar-refractivity contribution in [3.63, 3.8) is 0 Å². The SMILES string of the molecule is CCCn1ncnc1COC1(CN)CCCCCC1. The highest BCUT2D eigenvalue weighted by Gasteiger charge is 2.30. The fourth-order valence-electron chi connectivity index (χ4n) is 2.80. The van der Waals surface area contributed by atoms with Gasteiger partial charge in [0.1, 0.15) is 12.9 Å². The third kappa shape index (κ3) is 3.76. The van der Waals surface area contributed by atoms with Crippen molar-refractivity contribution >= 4 is 0 Å². The molecule has 0 spiro atoms. The Labute approximate surface area is 115 Å². The van der Waals surface area contributed by atoms with Crippen LogP contribution in [0.1, 0.15) is 57.7 Å². The second kappa shape index (κ2) is 7.01. The molecule has 0 aliphatic heterocycles. The fraction of sp³-hybridized carbons (Fsp3) is 0.857. The molecule has 2 rings (SSSR count). The van der Waals surface area contributed by atoms with E-state index in [0.29, 0.717) is 13.2 Å². The van der Waals surface area contributed by atoms with E-state index in [9.17, 15) is 0 Å². The maximum atomic E-state index is 6.18. The molecule has 1 heterocycles. The molecule has 0 aromatic carbocycles. The highest BCUT2D eigenvalue weighted by atomic mass is 16.5. The van der Waals surface area contributed by atoms with E-state index in [4.69, 9.17) is 10.5 Å². The van der Waals surface area contributed by atoms with Gasteiger partial charge in [-0.15, -0.1) is 0 Å². The topological polar surface area (TPSA) is 66.0 Å². The van der Waals surface area contributed by atoms with Gasteiger partial charge in [0.25, 0.3) is 0 Å². The molecule has 0 bridgehead atoms. The summed E-state index contributed by atoms with van der Waals surface area (Å²) in [6.45, 7) is 4.17. The summed E-state index contributed by atoms with van der Waals surface area (Å²) in [5, 5.41) is 4.23. The molecule has 1 saturated carbocycles. The van der Waals surface area contributed by atoms with E-state index in [-0.39, 0.29) is 5.60 Å². The van der Waals surface area contributed by atoms with Crippen molar-refractivity contribution in [2.24, 2.45) is 5.73 Å². The first-order chi connectivity index (χ1) is 9.29. The van der Waals surface area contributed by atoms with E-state index in [1.165, 1.54) is 25.7 Å². The summed E-state index contributed by atoms with van der Waals surface area (Å²) in [5.74, 6) is 0.916. The summed E-state index contributed by atoms with van der Waals surface area (Å²) in [7, 11) is 0. The van der Waals surface area contributed by atoms with Crippen molar-refractivity contribution in [3.8, 4) is 0 Å². The van der Waals surface area contributed by atoms with Gasteiger partial charge in [0.05, 0.1) is 5.60 Å². The Bertz CT molecular complexity index is 369. The van der Waals surface area contributed by atoms with Gasteiger partial charge in [-0.05, 0) is 19.3 Å². The summed E-state index contributed by atoms with van der Waals surface area (Å²) in [5.41, 5.74) is 5.84. The lowest BCUT2D eigenvalue weighted by molar-refractivity contribution is -0.0638. The molecular weight excluding hydrogens is 240 g/mol. The van der Waals surface area contributed by atoms with Gasteiger partial charge in [0.15, 0.2) is 5.82 Å². The van der Waals surface area contributed by atoms with Crippen LogP contribution in [0.4, 0.5) is 0 Å². The minimum Gasteiger partial charge on any atom is -0.366 e. The first-order valence-electron chi connectivity index (χ1n) is 7.50. The van der Waals surface area contributed by atoms with Crippen LogP contribution in [0.5, 0.6) is 0 Å². The van der Waals surface area contributed by atoms with E-state index in [1.54, 1.807) is 6.33 Å². The van der Waals surface area contributed by atoms with Gasteiger partial charge in [0.2, 0.25) is 0 Å². The van der Waals surface area contributed by atoms with Crippen LogP contribution in [0.15, 0.2) is 6.33 Å². The average molecular weight is 266 g/mol. The zero-order valence-corrected chi connectivity index (χ0v) is 12.0. The minimum absolute atomic E-state index is 0.139. The van der Waals surface area contributed by atoms with E-state index in [0.717, 1.165) is 31.6 Å². The fourth-order valence-corrected chi connectivity index (χ4v) is 2.80. The van der Waals surface area contributed by atoms with Gasteiger partial charge >= 0.3 is 0 Å². The van der Waals surface area contributed by atoms with Crippen LogP contribution in [-0.2, 0) is 17.9 Å². The van der Waals surface area contributed by atoms with Crippen LogP contribution in [0.25, 0.3) is 0 Å². The molecule has 108 valence electrons. The number of aryl methyl sites for hydroxylation is 1. The summed E-state index contributed by atoms with van der Waals surface area (Å²) < 4.78 is 8.11. The van der Waals surface area contributed by atoms with E-state index in [2.05, 4.69) is 17.0 Å². The Morgan fingerprint density at radius 1 is 1.32 bits per heavy atom. The Kier molecular flexibility index (Phi) is 5.34. The van der Waals surface area contributed by atoms with Crippen molar-refractivity contribution < 1.29 is 4.74 Å². The largest absolute Gasteiger partial charge is 0.366 e. The molecule has 5 heteroatoms. The highest BCUT2D eigenvalue weighted by Crippen LogP contribution is 2.30. The van der Waals surface area contributed by atoms with Crippen molar-refractivity contribution in [2.75, 3.05) is 6.54 Å². The maximum absolute atomic E-state index is 6.18. The Hall–Kier alpha value is -0.940. The van der Waals surface area contributed by atoms with Gasteiger partial charge in [-0.1, -0.05) is 32.6 Å². The molecule has 1 aromatic heterocycles. The first kappa shape index (κ1) is 14.5. The Morgan fingerprint density at radius 3 is 2.68 bits per heavy atom. The molecule has 1 aromatic rings. The van der Waals surface area contributed by atoms with Crippen molar-refractivity contribution in [2.45, 2.75) is 70.6 Å². The quantitative estimate of drug-likeness (QED) is 0.802. The summed E-state index contributed by atoms with van der Waals surface area (Å²) in [6, 6.07) is 0. The smallest absolute Gasteiger partial charge is 0.152 e. The van der Waals surface area contributed by atoms with Crippen molar-refractivity contribution in [1.82, 2.24) is 14.8 Å². The van der Waals surface area contributed by atoms with Gasteiger partial charge in [-0.2, -0.15) is 5.10 Å². The third-order valence-electron chi connectivity index (χ3n) is 4.03. The molecule has 0 amide bonds. The van der Waals surface area contributed by atoms with Crippen LogP contribution >= 0.6 is 0 Å². The van der Waals surface area contributed by atoms with Gasteiger partial charge in [-0.25, -0.2) is 9.67 Å². The zero-order chi connectivity index (χ0) is 13.6. The molecule has 1 fully saturated rings. The molecule has 1 aliphatic carbocycles. The number of nitrogens with two attached hydrogens (primary N) is 1. The van der Waals surface area contributed by atoms with Crippen LogP contribution in [0, 0.1) is 0 Å². The predicted molar refractivity (Wildman–Crippen MR) is 74.6 cm³/mol. The van der Waals surface area contributed by atoms with E-state index in [1.807, 2.05) is 4.68 Å². The van der Waals surface area contributed by atoms with Crippen LogP contribution in [-0.4, -0.2) is 26.9 Å². The molecule has 5 nitrogen and oxygen atoms in total. The van der Waals surface area contributed by atoms with Crippen molar-refractivity contribution in [1.29, 1.82) is 0 Å². The summed E-state index contributed by atoms with van der Waals surface area (Å²) in [6.07, 6.45) is 9.86. The van der Waals surface area contributed by atoms with Crippen LogP contribution in [0.2, 0.25) is 0 Å². The van der Waals surface area contributed by atoms with Crippen LogP contribution in [0.3, 0.4) is 0 Å². The number of hydrogen-bond acceptors (Lipinski definition) is 4. The zero-order valence-electron chi connectivity index (χ0n) is 12.0. The molecule has 2 N–H and O–H groups in total. The standard InChI is InChI=1S/C14H26N4O/c1-2-9-18-13(16-12-17-18)10-19-14(11-15)7-5-3-4-6-8-14/h12H,2-11,15H2,1H3. The molecule has 0 saturated heterocycles. The first-order valence-corrected chi connectivity index (χ1v) is 7.50. The minimum atomic E-state index is -0.139. The van der Waals surface area contributed by atoms with E-state index < -0.39 is 0 Å². The lowest BCUT2D eigenvalue weighted by Gasteiger charge is -2.31. The Balaban J connectivity index is 1.96. The lowest BCUT2D eigenvalue weighted by atomic mass is 9.94. The Morgan fingerprint density at radius 2 is 2.05 bits per heavy atom. The second-order valence-electron chi connectivity index (χ2n) is 5.49. The average Bonchev–Trinajstić information content (AvgIpc) is 2.74. The number of aromatic nitrogens is 3. The molecule has 0 unspecified atom stereocenters. The number of rotatable bonds is 6. The lowest BCUT2D eigenvalue weighted by Crippen LogP contribution is -2.40. The molecule has 0 atom stereocenters. The van der Waals surface area contributed by atoms with Gasteiger partial charge in [-0.3, -0.25) is 0 Å². The monoisotopic (exact) mass is 266 g/mol. The molecule has 19 heavy (non-hydrogen) atoms. The molecule has 0 radical (unpaired) electrons. The third-order valence-corrected chi connectivity index (χ3v) is 4.03. The predicted octanol–water partition coefficient (Wildman–Crippen LogP) is 2.26. The number of nitrogens with zero attached hydrogens (tertiary/aromatic N) is 3. The van der Waals surface area contributed by atoms with Gasteiger partial charge < -0.3 is 10.5 Å². The normalized spacial score (nSPS) is 19.3. The number of ether oxygens (including phenoxy) is 1. The summed E-state index contributed by atoms with van der Waals surface area (Å²) >= 11 is 0. The highest BCUT2D eigenvalue weighted by molar-refractivity contribution is 4.87. The molecular formula is C14H26N4O. The van der Waals surface area contributed by atoms with E-state index >= 15 is 0 Å². The molecule has 1 aliphatic rings. The van der Waals surface area contributed by atoms with Crippen molar-refractivity contribution in [3.05, 3.63) is 12.2 Å². The second-order valence-corrected chi connectivity index (χ2v) is 5.49. The maximum Gasteiger partial charge on any atom is 0.152 e.